The summed E-state index contributed by atoms with van der Waals surface area (Å²) in [5, 5.41) is 0. The maximum Gasteiger partial charge on any atom is 0.325 e. The lowest BCUT2D eigenvalue weighted by atomic mass is 10.2. The zero-order valence-electron chi connectivity index (χ0n) is 12.0. The van der Waals surface area contributed by atoms with Crippen LogP contribution in [-0.4, -0.2) is 49.5 Å². The lowest BCUT2D eigenvalue weighted by Crippen LogP contribution is -2.39. The maximum absolute atomic E-state index is 12.0. The van der Waals surface area contributed by atoms with Gasteiger partial charge in [-0.15, -0.1) is 0 Å². The van der Waals surface area contributed by atoms with Crippen LogP contribution in [-0.2, 0) is 14.3 Å². The standard InChI is InChI=1S/C14H18N2O5/c1-3-16(8-13(18)20-2)12(17)9-21-11-7-5-4-6-10(11)14(15)19/h4-7H,3,8-9H2,1-2H3,(H2,15,19). The van der Waals surface area contributed by atoms with Gasteiger partial charge < -0.3 is 20.1 Å². The highest BCUT2D eigenvalue weighted by molar-refractivity contribution is 5.95. The van der Waals surface area contributed by atoms with Crippen LogP contribution in [0, 0.1) is 0 Å². The number of hydrogen-bond donors (Lipinski definition) is 1. The monoisotopic (exact) mass is 294 g/mol. The number of hydrogen-bond acceptors (Lipinski definition) is 5. The minimum absolute atomic E-state index is 0.146. The Kier molecular flexibility index (Phi) is 6.19. The molecule has 0 saturated carbocycles. The number of primary amides is 1. The Morgan fingerprint density at radius 2 is 1.90 bits per heavy atom. The number of amides is 2. The van der Waals surface area contributed by atoms with E-state index < -0.39 is 11.9 Å². The van der Waals surface area contributed by atoms with Crippen LogP contribution in [0.4, 0.5) is 0 Å². The Morgan fingerprint density at radius 1 is 1.24 bits per heavy atom. The van der Waals surface area contributed by atoms with Gasteiger partial charge in [-0.05, 0) is 19.1 Å². The predicted molar refractivity (Wildman–Crippen MR) is 74.7 cm³/mol. The first-order valence-electron chi connectivity index (χ1n) is 6.35. The molecule has 21 heavy (non-hydrogen) atoms. The summed E-state index contributed by atoms with van der Waals surface area (Å²) in [5.74, 6) is -1.31. The molecule has 0 unspecified atom stereocenters. The number of nitrogens with zero attached hydrogens (tertiary/aromatic N) is 1. The Balaban J connectivity index is 2.67. The molecule has 1 rings (SSSR count). The number of carbonyl (C=O) groups excluding carboxylic acids is 3. The van der Waals surface area contributed by atoms with Gasteiger partial charge >= 0.3 is 5.97 Å². The highest BCUT2D eigenvalue weighted by atomic mass is 16.5. The summed E-state index contributed by atoms with van der Waals surface area (Å²) < 4.78 is 9.83. The summed E-state index contributed by atoms with van der Waals surface area (Å²) in [6.07, 6.45) is 0. The second-order valence-corrected chi connectivity index (χ2v) is 4.13. The van der Waals surface area contributed by atoms with Crippen molar-refractivity contribution in [1.82, 2.24) is 4.90 Å². The molecule has 1 aromatic rings. The third kappa shape index (κ3) is 4.79. The molecule has 0 aliphatic rings. The Morgan fingerprint density at radius 3 is 2.48 bits per heavy atom. The highest BCUT2D eigenvalue weighted by Gasteiger charge is 2.17. The van der Waals surface area contributed by atoms with Crippen LogP contribution in [0.5, 0.6) is 5.75 Å². The molecule has 0 saturated heterocycles. The number of likely N-dealkylation sites (N-methyl/N-ethyl adjacent to an activating group) is 1. The van der Waals surface area contributed by atoms with E-state index in [1.165, 1.54) is 18.1 Å². The van der Waals surface area contributed by atoms with Crippen molar-refractivity contribution in [1.29, 1.82) is 0 Å². The van der Waals surface area contributed by atoms with Gasteiger partial charge in [-0.3, -0.25) is 14.4 Å². The van der Waals surface area contributed by atoms with Gasteiger partial charge in [-0.1, -0.05) is 12.1 Å². The predicted octanol–water partition coefficient (Wildman–Crippen LogP) is 0.186. The lowest BCUT2D eigenvalue weighted by Gasteiger charge is -2.19. The topological polar surface area (TPSA) is 98.9 Å². The number of carbonyl (C=O) groups is 3. The lowest BCUT2D eigenvalue weighted by molar-refractivity contribution is -0.147. The number of nitrogens with two attached hydrogens (primary N) is 1. The van der Waals surface area contributed by atoms with Crippen LogP contribution in [0.1, 0.15) is 17.3 Å². The quantitative estimate of drug-likeness (QED) is 0.723. The largest absolute Gasteiger partial charge is 0.483 e. The third-order valence-corrected chi connectivity index (χ3v) is 2.79. The first-order chi connectivity index (χ1) is 9.99. The summed E-state index contributed by atoms with van der Waals surface area (Å²) >= 11 is 0. The van der Waals surface area contributed by atoms with Crippen LogP contribution in [0.15, 0.2) is 24.3 Å². The number of rotatable bonds is 7. The molecule has 0 aliphatic heterocycles. The molecule has 7 nitrogen and oxygen atoms in total. The van der Waals surface area contributed by atoms with Crippen molar-refractivity contribution in [2.45, 2.75) is 6.92 Å². The van der Waals surface area contributed by atoms with Crippen molar-refractivity contribution in [3.8, 4) is 5.75 Å². The van der Waals surface area contributed by atoms with Crippen LogP contribution in [0.25, 0.3) is 0 Å². The second kappa shape index (κ2) is 7.88. The SMILES string of the molecule is CCN(CC(=O)OC)C(=O)COc1ccccc1C(N)=O. The molecule has 0 aliphatic carbocycles. The molecule has 2 N–H and O–H groups in total. The van der Waals surface area contributed by atoms with Crippen LogP contribution in [0.3, 0.4) is 0 Å². The van der Waals surface area contributed by atoms with Gasteiger partial charge in [-0.2, -0.15) is 0 Å². The molecule has 0 spiro atoms. The van der Waals surface area contributed by atoms with Gasteiger partial charge in [0.15, 0.2) is 6.61 Å². The van der Waals surface area contributed by atoms with E-state index in [4.69, 9.17) is 10.5 Å². The summed E-state index contributed by atoms with van der Waals surface area (Å²) in [5.41, 5.74) is 5.41. The molecule has 2 amide bonds. The van der Waals surface area contributed by atoms with E-state index in [1.54, 1.807) is 25.1 Å². The fraction of sp³-hybridized carbons (Fsp3) is 0.357. The van der Waals surface area contributed by atoms with Gasteiger partial charge in [0, 0.05) is 6.54 Å². The van der Waals surface area contributed by atoms with E-state index >= 15 is 0 Å². The summed E-state index contributed by atoms with van der Waals surface area (Å²) in [7, 11) is 1.25. The van der Waals surface area contributed by atoms with E-state index in [0.717, 1.165) is 0 Å². The molecule has 0 fully saturated rings. The fourth-order valence-electron chi connectivity index (χ4n) is 1.62. The minimum atomic E-state index is -0.639. The molecule has 7 heteroatoms. The number of methoxy groups -OCH3 is 1. The normalized spacial score (nSPS) is 9.81. The molecular weight excluding hydrogens is 276 g/mol. The van der Waals surface area contributed by atoms with Crippen molar-refractivity contribution in [3.05, 3.63) is 29.8 Å². The smallest absolute Gasteiger partial charge is 0.325 e. The minimum Gasteiger partial charge on any atom is -0.483 e. The third-order valence-electron chi connectivity index (χ3n) is 2.79. The fourth-order valence-corrected chi connectivity index (χ4v) is 1.62. The van der Waals surface area contributed by atoms with Crippen molar-refractivity contribution < 1.29 is 23.9 Å². The zero-order valence-corrected chi connectivity index (χ0v) is 12.0. The summed E-state index contributed by atoms with van der Waals surface area (Å²) in [6, 6.07) is 6.36. The summed E-state index contributed by atoms with van der Waals surface area (Å²) in [6.45, 7) is 1.63. The van der Waals surface area contributed by atoms with Crippen molar-refractivity contribution in [3.63, 3.8) is 0 Å². The molecule has 0 radical (unpaired) electrons. The van der Waals surface area contributed by atoms with Gasteiger partial charge in [0.25, 0.3) is 11.8 Å². The highest BCUT2D eigenvalue weighted by Crippen LogP contribution is 2.17. The van der Waals surface area contributed by atoms with E-state index in [-0.39, 0.29) is 30.4 Å². The van der Waals surface area contributed by atoms with Crippen LogP contribution >= 0.6 is 0 Å². The summed E-state index contributed by atoms with van der Waals surface area (Å²) in [4.78, 5) is 35.7. The molecule has 0 bridgehead atoms. The average molecular weight is 294 g/mol. The Hall–Kier alpha value is -2.57. The van der Waals surface area contributed by atoms with Gasteiger partial charge in [0.2, 0.25) is 0 Å². The van der Waals surface area contributed by atoms with Gasteiger partial charge in [0.05, 0.1) is 12.7 Å². The van der Waals surface area contributed by atoms with Crippen molar-refractivity contribution in [2.24, 2.45) is 5.73 Å². The molecule has 1 aromatic carbocycles. The molecule has 0 atom stereocenters. The Labute approximate surface area is 122 Å². The number of esters is 1. The van der Waals surface area contributed by atoms with E-state index in [0.29, 0.717) is 6.54 Å². The van der Waals surface area contributed by atoms with Crippen molar-refractivity contribution >= 4 is 17.8 Å². The van der Waals surface area contributed by atoms with E-state index in [1.807, 2.05) is 0 Å². The number of ether oxygens (including phenoxy) is 2. The zero-order chi connectivity index (χ0) is 15.8. The maximum atomic E-state index is 12.0. The van der Waals surface area contributed by atoms with E-state index in [2.05, 4.69) is 4.74 Å². The number of para-hydroxylation sites is 1. The number of benzene rings is 1. The van der Waals surface area contributed by atoms with Gasteiger partial charge in [0.1, 0.15) is 12.3 Å². The first-order valence-corrected chi connectivity index (χ1v) is 6.35. The average Bonchev–Trinajstić information content (AvgIpc) is 2.49. The Bertz CT molecular complexity index is 530. The van der Waals surface area contributed by atoms with Crippen LogP contribution in [0.2, 0.25) is 0 Å². The second-order valence-electron chi connectivity index (χ2n) is 4.13. The molecule has 0 heterocycles. The molecule has 0 aromatic heterocycles. The van der Waals surface area contributed by atoms with E-state index in [9.17, 15) is 14.4 Å². The molecular formula is C14H18N2O5. The van der Waals surface area contributed by atoms with Crippen molar-refractivity contribution in [2.75, 3.05) is 26.8 Å². The first kappa shape index (κ1) is 16.5. The molecule has 114 valence electrons. The van der Waals surface area contributed by atoms with Crippen LogP contribution < -0.4 is 10.5 Å². The van der Waals surface area contributed by atoms with Gasteiger partial charge in [-0.25, -0.2) is 0 Å².